The fourth-order valence-corrected chi connectivity index (χ4v) is 3.48. The van der Waals surface area contributed by atoms with Crippen LogP contribution in [0.1, 0.15) is 32.3 Å². The number of para-hydroxylation sites is 1. The third-order valence-corrected chi connectivity index (χ3v) is 4.72. The number of benzene rings is 1. The van der Waals surface area contributed by atoms with Crippen molar-refractivity contribution in [1.29, 1.82) is 0 Å². The molecule has 2 rings (SSSR count). The van der Waals surface area contributed by atoms with Crippen molar-refractivity contribution in [2.75, 3.05) is 44.6 Å². The van der Waals surface area contributed by atoms with Crippen molar-refractivity contribution >= 4 is 23.2 Å². The van der Waals surface area contributed by atoms with E-state index in [-0.39, 0.29) is 5.91 Å². The van der Waals surface area contributed by atoms with Crippen LogP contribution in [0.25, 0.3) is 0 Å². The Hall–Kier alpha value is -1.10. The molecule has 1 aromatic rings. The van der Waals surface area contributed by atoms with Crippen LogP contribution < -0.4 is 5.32 Å². The summed E-state index contributed by atoms with van der Waals surface area (Å²) < 4.78 is 0. The maximum Gasteiger partial charge on any atom is 0.238 e. The van der Waals surface area contributed by atoms with Gasteiger partial charge in [-0.05, 0) is 50.4 Å². The summed E-state index contributed by atoms with van der Waals surface area (Å²) in [5, 5.41) is 3.58. The number of nitrogens with one attached hydrogen (secondary N) is 1. The summed E-state index contributed by atoms with van der Waals surface area (Å²) in [6, 6.07) is 5.67. The molecule has 1 heterocycles. The van der Waals surface area contributed by atoms with Crippen LogP contribution in [-0.2, 0) is 4.79 Å². The van der Waals surface area contributed by atoms with E-state index in [0.717, 1.165) is 30.9 Å². The number of hydrogen-bond acceptors (Lipinski definition) is 3. The molecule has 0 unspecified atom stereocenters. The van der Waals surface area contributed by atoms with Crippen molar-refractivity contribution in [2.45, 2.75) is 33.6 Å². The number of amides is 1. The largest absolute Gasteiger partial charge is 0.323 e. The van der Waals surface area contributed by atoms with Gasteiger partial charge in [-0.25, -0.2) is 0 Å². The van der Waals surface area contributed by atoms with Gasteiger partial charge in [-0.3, -0.25) is 9.69 Å². The molecule has 134 valence electrons. The van der Waals surface area contributed by atoms with Gasteiger partial charge in [0, 0.05) is 19.6 Å². The Morgan fingerprint density at radius 1 is 1.33 bits per heavy atom. The van der Waals surface area contributed by atoms with Crippen molar-refractivity contribution < 1.29 is 4.79 Å². The minimum atomic E-state index is 0.00766. The molecule has 24 heavy (non-hydrogen) atoms. The van der Waals surface area contributed by atoms with Gasteiger partial charge in [0.1, 0.15) is 0 Å². The molecule has 0 spiro atoms. The van der Waals surface area contributed by atoms with E-state index < -0.39 is 0 Å². The molecular formula is C19H30ClN3O. The van der Waals surface area contributed by atoms with Crippen molar-refractivity contribution in [1.82, 2.24) is 9.80 Å². The van der Waals surface area contributed by atoms with E-state index in [9.17, 15) is 4.79 Å². The minimum Gasteiger partial charge on any atom is -0.323 e. The molecule has 0 atom stereocenters. The number of nitrogens with zero attached hydrogens (tertiary/aromatic N) is 2. The lowest BCUT2D eigenvalue weighted by Gasteiger charge is -2.26. The predicted octanol–water partition coefficient (Wildman–Crippen LogP) is 3.64. The SMILES string of the molecule is Cc1cccc(Cl)c1NC(=O)CN(CCN1CCCC1)CC(C)C. The molecule has 1 fully saturated rings. The number of anilines is 1. The maximum atomic E-state index is 12.5. The van der Waals surface area contributed by atoms with E-state index in [1.165, 1.54) is 25.9 Å². The van der Waals surface area contributed by atoms with Crippen molar-refractivity contribution in [2.24, 2.45) is 5.92 Å². The Morgan fingerprint density at radius 3 is 2.67 bits per heavy atom. The molecule has 1 saturated heterocycles. The quantitative estimate of drug-likeness (QED) is 0.776. The summed E-state index contributed by atoms with van der Waals surface area (Å²) in [7, 11) is 0. The molecule has 0 radical (unpaired) electrons. The van der Waals surface area contributed by atoms with Gasteiger partial charge < -0.3 is 10.2 Å². The van der Waals surface area contributed by atoms with Gasteiger partial charge >= 0.3 is 0 Å². The van der Waals surface area contributed by atoms with Crippen LogP contribution in [0.3, 0.4) is 0 Å². The molecule has 1 aromatic carbocycles. The summed E-state index contributed by atoms with van der Waals surface area (Å²) in [6.45, 7) is 12.1. The van der Waals surface area contributed by atoms with Crippen LogP contribution >= 0.6 is 11.6 Å². The number of halogens is 1. The van der Waals surface area contributed by atoms with E-state index in [0.29, 0.717) is 17.5 Å². The number of rotatable bonds is 8. The zero-order valence-electron chi connectivity index (χ0n) is 15.1. The van der Waals surface area contributed by atoms with Gasteiger partial charge in [-0.2, -0.15) is 0 Å². The lowest BCUT2D eigenvalue weighted by atomic mass is 10.2. The first-order valence-electron chi connectivity index (χ1n) is 8.95. The van der Waals surface area contributed by atoms with Gasteiger partial charge in [-0.15, -0.1) is 0 Å². The average Bonchev–Trinajstić information content (AvgIpc) is 3.01. The molecule has 0 saturated carbocycles. The van der Waals surface area contributed by atoms with E-state index in [1.54, 1.807) is 0 Å². The number of likely N-dealkylation sites (tertiary alicyclic amines) is 1. The van der Waals surface area contributed by atoms with E-state index in [1.807, 2.05) is 25.1 Å². The number of carbonyl (C=O) groups is 1. The van der Waals surface area contributed by atoms with Gasteiger partial charge in [0.15, 0.2) is 0 Å². The van der Waals surface area contributed by atoms with E-state index in [2.05, 4.69) is 29.0 Å². The molecular weight excluding hydrogens is 322 g/mol. The number of carbonyl (C=O) groups excluding carboxylic acids is 1. The van der Waals surface area contributed by atoms with Gasteiger partial charge in [0.25, 0.3) is 0 Å². The Balaban J connectivity index is 1.90. The van der Waals surface area contributed by atoms with Crippen LogP contribution in [0.15, 0.2) is 18.2 Å². The van der Waals surface area contributed by atoms with Crippen LogP contribution in [0.2, 0.25) is 5.02 Å². The van der Waals surface area contributed by atoms with Gasteiger partial charge in [0.05, 0.1) is 17.3 Å². The van der Waals surface area contributed by atoms with E-state index >= 15 is 0 Å². The topological polar surface area (TPSA) is 35.6 Å². The fourth-order valence-electron chi connectivity index (χ4n) is 3.21. The van der Waals surface area contributed by atoms with Crippen molar-refractivity contribution in [3.8, 4) is 0 Å². The molecule has 5 heteroatoms. The lowest BCUT2D eigenvalue weighted by Crippen LogP contribution is -2.40. The highest BCUT2D eigenvalue weighted by molar-refractivity contribution is 6.33. The molecule has 1 aliphatic rings. The smallest absolute Gasteiger partial charge is 0.238 e. The Kier molecular flexibility index (Phi) is 7.53. The molecule has 1 N–H and O–H groups in total. The first kappa shape index (κ1) is 19.2. The second-order valence-electron chi connectivity index (χ2n) is 7.16. The third kappa shape index (κ3) is 6.08. The first-order chi connectivity index (χ1) is 11.5. The average molecular weight is 352 g/mol. The molecule has 4 nitrogen and oxygen atoms in total. The number of hydrogen-bond donors (Lipinski definition) is 1. The zero-order chi connectivity index (χ0) is 17.5. The Bertz CT molecular complexity index is 521. The monoisotopic (exact) mass is 351 g/mol. The lowest BCUT2D eigenvalue weighted by molar-refractivity contribution is -0.117. The minimum absolute atomic E-state index is 0.00766. The van der Waals surface area contributed by atoms with Gasteiger partial charge in [-0.1, -0.05) is 37.6 Å². The third-order valence-electron chi connectivity index (χ3n) is 4.41. The van der Waals surface area contributed by atoms with Crippen molar-refractivity contribution in [3.63, 3.8) is 0 Å². The molecule has 0 aromatic heterocycles. The highest BCUT2D eigenvalue weighted by Crippen LogP contribution is 2.25. The standard InChI is InChI=1S/C19H30ClN3O/c1-15(2)13-23(12-11-22-9-4-5-10-22)14-18(24)21-19-16(3)7-6-8-17(19)20/h6-8,15H,4-5,9-14H2,1-3H3,(H,21,24). The van der Waals surface area contributed by atoms with Crippen LogP contribution in [-0.4, -0.2) is 55.0 Å². The Labute approximate surface area is 151 Å². The summed E-state index contributed by atoms with van der Waals surface area (Å²) in [6.07, 6.45) is 2.60. The highest BCUT2D eigenvalue weighted by atomic mass is 35.5. The Morgan fingerprint density at radius 2 is 2.04 bits per heavy atom. The molecule has 0 bridgehead atoms. The molecule has 1 amide bonds. The summed E-state index contributed by atoms with van der Waals surface area (Å²) in [5.41, 5.74) is 1.72. The summed E-state index contributed by atoms with van der Waals surface area (Å²) in [5.74, 6) is 0.548. The highest BCUT2D eigenvalue weighted by Gasteiger charge is 2.17. The van der Waals surface area contributed by atoms with Gasteiger partial charge in [0.2, 0.25) is 5.91 Å². The summed E-state index contributed by atoms with van der Waals surface area (Å²) in [4.78, 5) is 17.2. The van der Waals surface area contributed by atoms with Crippen LogP contribution in [0, 0.1) is 12.8 Å². The van der Waals surface area contributed by atoms with Crippen LogP contribution in [0.5, 0.6) is 0 Å². The zero-order valence-corrected chi connectivity index (χ0v) is 15.9. The molecule has 0 aliphatic carbocycles. The fraction of sp³-hybridized carbons (Fsp3) is 0.632. The summed E-state index contributed by atoms with van der Waals surface area (Å²) >= 11 is 6.21. The maximum absolute atomic E-state index is 12.5. The second-order valence-corrected chi connectivity index (χ2v) is 7.56. The van der Waals surface area contributed by atoms with E-state index in [4.69, 9.17) is 11.6 Å². The normalized spacial score (nSPS) is 15.4. The molecule has 1 aliphatic heterocycles. The number of aryl methyl sites for hydroxylation is 1. The van der Waals surface area contributed by atoms with Crippen LogP contribution in [0.4, 0.5) is 5.69 Å². The predicted molar refractivity (Wildman–Crippen MR) is 102 cm³/mol. The van der Waals surface area contributed by atoms with Crippen molar-refractivity contribution in [3.05, 3.63) is 28.8 Å². The second kappa shape index (κ2) is 9.40. The first-order valence-corrected chi connectivity index (χ1v) is 9.33.